The van der Waals surface area contributed by atoms with E-state index >= 15 is 0 Å². The number of nitrogens with one attached hydrogen (secondary N) is 1. The first-order chi connectivity index (χ1) is 8.20. The van der Waals surface area contributed by atoms with Crippen LogP contribution in [0.1, 0.15) is 38.7 Å². The van der Waals surface area contributed by atoms with Crippen molar-refractivity contribution in [3.05, 3.63) is 35.9 Å². The largest absolute Gasteiger partial charge is 0.389 e. The van der Waals surface area contributed by atoms with Crippen molar-refractivity contribution in [1.82, 2.24) is 5.32 Å². The van der Waals surface area contributed by atoms with Crippen molar-refractivity contribution in [2.24, 2.45) is 0 Å². The maximum absolute atomic E-state index is 10.1. The van der Waals surface area contributed by atoms with Gasteiger partial charge >= 0.3 is 0 Å². The van der Waals surface area contributed by atoms with Crippen LogP contribution in [0.4, 0.5) is 0 Å². The summed E-state index contributed by atoms with van der Waals surface area (Å²) in [5.74, 6) is 0. The smallest absolute Gasteiger partial charge is 0.0766 e. The SMILES string of the molecule is CCC(O)(CC)CNCCCc1ccccc1. The molecule has 17 heavy (non-hydrogen) atoms. The van der Waals surface area contributed by atoms with Crippen molar-refractivity contribution < 1.29 is 5.11 Å². The maximum atomic E-state index is 10.1. The number of aryl methyl sites for hydroxylation is 1. The number of hydrogen-bond donors (Lipinski definition) is 2. The molecule has 0 spiro atoms. The molecule has 1 aromatic rings. The first kappa shape index (κ1) is 14.2. The molecule has 0 amide bonds. The third-order valence-electron chi connectivity index (χ3n) is 3.43. The molecule has 0 fully saturated rings. The maximum Gasteiger partial charge on any atom is 0.0766 e. The molecule has 1 aromatic carbocycles. The highest BCUT2D eigenvalue weighted by Gasteiger charge is 2.20. The minimum atomic E-state index is -0.521. The van der Waals surface area contributed by atoms with Gasteiger partial charge in [0, 0.05) is 6.54 Å². The molecule has 2 N–H and O–H groups in total. The summed E-state index contributed by atoms with van der Waals surface area (Å²) in [6.45, 7) is 5.75. The summed E-state index contributed by atoms with van der Waals surface area (Å²) in [6, 6.07) is 10.5. The van der Waals surface area contributed by atoms with E-state index in [2.05, 4.69) is 29.6 Å². The van der Waals surface area contributed by atoms with E-state index in [1.807, 2.05) is 19.9 Å². The Balaban J connectivity index is 2.13. The van der Waals surface area contributed by atoms with Gasteiger partial charge in [0.05, 0.1) is 5.60 Å². The first-order valence-corrected chi connectivity index (χ1v) is 6.67. The van der Waals surface area contributed by atoms with Crippen molar-refractivity contribution in [1.29, 1.82) is 0 Å². The summed E-state index contributed by atoms with van der Waals surface area (Å²) >= 11 is 0. The molecular formula is C15H25NO. The van der Waals surface area contributed by atoms with E-state index in [4.69, 9.17) is 0 Å². The molecular weight excluding hydrogens is 210 g/mol. The third kappa shape index (κ3) is 5.33. The highest BCUT2D eigenvalue weighted by molar-refractivity contribution is 5.14. The van der Waals surface area contributed by atoms with Gasteiger partial charge in [-0.05, 0) is 37.8 Å². The van der Waals surface area contributed by atoms with Crippen molar-refractivity contribution in [2.45, 2.75) is 45.1 Å². The van der Waals surface area contributed by atoms with Gasteiger partial charge < -0.3 is 10.4 Å². The Hall–Kier alpha value is -0.860. The second-order valence-corrected chi connectivity index (χ2v) is 4.70. The molecule has 0 atom stereocenters. The molecule has 1 rings (SSSR count). The summed E-state index contributed by atoms with van der Waals surface area (Å²) in [6.07, 6.45) is 3.85. The van der Waals surface area contributed by atoms with Crippen molar-refractivity contribution in [2.75, 3.05) is 13.1 Å². The van der Waals surface area contributed by atoms with Gasteiger partial charge in [-0.1, -0.05) is 44.2 Å². The topological polar surface area (TPSA) is 32.3 Å². The molecule has 0 saturated heterocycles. The van der Waals surface area contributed by atoms with Crippen LogP contribution in [-0.4, -0.2) is 23.8 Å². The third-order valence-corrected chi connectivity index (χ3v) is 3.43. The van der Waals surface area contributed by atoms with E-state index in [-0.39, 0.29) is 0 Å². The number of aliphatic hydroxyl groups is 1. The summed E-state index contributed by atoms with van der Waals surface area (Å²) < 4.78 is 0. The average Bonchev–Trinajstić information content (AvgIpc) is 2.39. The number of hydrogen-bond acceptors (Lipinski definition) is 2. The molecule has 96 valence electrons. The summed E-state index contributed by atoms with van der Waals surface area (Å²) in [4.78, 5) is 0. The predicted octanol–water partition coefficient (Wildman–Crippen LogP) is 2.76. The zero-order valence-corrected chi connectivity index (χ0v) is 11.1. The minimum Gasteiger partial charge on any atom is -0.389 e. The van der Waals surface area contributed by atoms with Gasteiger partial charge in [-0.25, -0.2) is 0 Å². The average molecular weight is 235 g/mol. The van der Waals surface area contributed by atoms with Crippen molar-refractivity contribution >= 4 is 0 Å². The minimum absolute atomic E-state index is 0.521. The summed E-state index contributed by atoms with van der Waals surface area (Å²) in [7, 11) is 0. The lowest BCUT2D eigenvalue weighted by Gasteiger charge is -2.25. The lowest BCUT2D eigenvalue weighted by atomic mass is 9.97. The molecule has 0 aromatic heterocycles. The Morgan fingerprint density at radius 2 is 1.76 bits per heavy atom. The van der Waals surface area contributed by atoms with E-state index < -0.39 is 5.60 Å². The van der Waals surface area contributed by atoms with Crippen molar-refractivity contribution in [3.63, 3.8) is 0 Å². The fourth-order valence-electron chi connectivity index (χ4n) is 1.88. The zero-order valence-electron chi connectivity index (χ0n) is 11.1. The monoisotopic (exact) mass is 235 g/mol. The van der Waals surface area contributed by atoms with Gasteiger partial charge in [-0.2, -0.15) is 0 Å². The molecule has 0 radical (unpaired) electrons. The molecule has 0 aliphatic heterocycles. The second-order valence-electron chi connectivity index (χ2n) is 4.70. The van der Waals surface area contributed by atoms with Gasteiger partial charge in [0.2, 0.25) is 0 Å². The van der Waals surface area contributed by atoms with E-state index in [1.54, 1.807) is 0 Å². The predicted molar refractivity (Wildman–Crippen MR) is 73.2 cm³/mol. The molecule has 0 bridgehead atoms. The Morgan fingerprint density at radius 1 is 1.12 bits per heavy atom. The van der Waals surface area contributed by atoms with Crippen LogP contribution in [0.25, 0.3) is 0 Å². The summed E-state index contributed by atoms with van der Waals surface area (Å²) in [5.41, 5.74) is 0.864. The van der Waals surface area contributed by atoms with Gasteiger partial charge in [0.25, 0.3) is 0 Å². The molecule has 2 heteroatoms. The van der Waals surface area contributed by atoms with E-state index in [0.29, 0.717) is 6.54 Å². The highest BCUT2D eigenvalue weighted by atomic mass is 16.3. The standard InChI is InChI=1S/C15H25NO/c1-3-15(17,4-2)13-16-12-8-11-14-9-6-5-7-10-14/h5-7,9-10,16-17H,3-4,8,11-13H2,1-2H3. The molecule has 0 unspecified atom stereocenters. The molecule has 0 aliphatic carbocycles. The molecule has 2 nitrogen and oxygen atoms in total. The highest BCUT2D eigenvalue weighted by Crippen LogP contribution is 2.12. The van der Waals surface area contributed by atoms with Crippen LogP contribution in [0.5, 0.6) is 0 Å². The lowest BCUT2D eigenvalue weighted by molar-refractivity contribution is 0.0327. The van der Waals surface area contributed by atoms with Crippen LogP contribution in [0.3, 0.4) is 0 Å². The Labute approximate surface area is 105 Å². The van der Waals surface area contributed by atoms with Gasteiger partial charge in [-0.3, -0.25) is 0 Å². The second kappa shape index (κ2) is 7.46. The van der Waals surface area contributed by atoms with Gasteiger partial charge in [0.15, 0.2) is 0 Å². The lowest BCUT2D eigenvalue weighted by Crippen LogP contribution is -2.39. The van der Waals surface area contributed by atoms with Gasteiger partial charge in [-0.15, -0.1) is 0 Å². The fraction of sp³-hybridized carbons (Fsp3) is 0.600. The fourth-order valence-corrected chi connectivity index (χ4v) is 1.88. The van der Waals surface area contributed by atoms with Crippen LogP contribution >= 0.6 is 0 Å². The van der Waals surface area contributed by atoms with E-state index in [9.17, 15) is 5.11 Å². The molecule has 0 saturated carbocycles. The van der Waals surface area contributed by atoms with Crippen LogP contribution < -0.4 is 5.32 Å². The molecule has 0 aliphatic rings. The Kier molecular flexibility index (Phi) is 6.23. The van der Waals surface area contributed by atoms with E-state index in [1.165, 1.54) is 5.56 Å². The number of benzene rings is 1. The molecule has 0 heterocycles. The zero-order chi connectivity index (χ0) is 12.6. The first-order valence-electron chi connectivity index (χ1n) is 6.67. The Bertz CT molecular complexity index is 293. The quantitative estimate of drug-likeness (QED) is 0.679. The van der Waals surface area contributed by atoms with Crippen LogP contribution in [0, 0.1) is 0 Å². The van der Waals surface area contributed by atoms with Crippen LogP contribution in [-0.2, 0) is 6.42 Å². The Morgan fingerprint density at radius 3 is 2.35 bits per heavy atom. The van der Waals surface area contributed by atoms with Crippen molar-refractivity contribution in [3.8, 4) is 0 Å². The normalized spacial score (nSPS) is 11.7. The number of rotatable bonds is 8. The van der Waals surface area contributed by atoms with Crippen LogP contribution in [0.2, 0.25) is 0 Å². The van der Waals surface area contributed by atoms with Gasteiger partial charge in [0.1, 0.15) is 0 Å². The van der Waals surface area contributed by atoms with E-state index in [0.717, 1.165) is 32.2 Å². The van der Waals surface area contributed by atoms with Crippen LogP contribution in [0.15, 0.2) is 30.3 Å². The summed E-state index contributed by atoms with van der Waals surface area (Å²) in [5, 5.41) is 13.4.